The molecule has 0 amide bonds. The Labute approximate surface area is 94.7 Å². The molecule has 0 spiro atoms. The van der Waals surface area contributed by atoms with Gasteiger partial charge in [0, 0.05) is 17.2 Å². The van der Waals surface area contributed by atoms with Crippen LogP contribution in [0.4, 0.5) is 0 Å². The fourth-order valence-electron chi connectivity index (χ4n) is 1.85. The maximum Gasteiger partial charge on any atom is 0.140 e. The van der Waals surface area contributed by atoms with Gasteiger partial charge in [-0.05, 0) is 24.5 Å². The van der Waals surface area contributed by atoms with Crippen molar-refractivity contribution in [2.24, 2.45) is 0 Å². The summed E-state index contributed by atoms with van der Waals surface area (Å²) in [6.07, 6.45) is 7.34. The molecule has 1 aliphatic carbocycles. The number of nitriles is 1. The Balaban J connectivity index is 1.85. The highest BCUT2D eigenvalue weighted by atomic mass is 32.2. The molecular formula is C12H14N2S. The molecule has 0 N–H and O–H groups in total. The summed E-state index contributed by atoms with van der Waals surface area (Å²) < 4.78 is 0. The third kappa shape index (κ3) is 2.97. The molecule has 2 nitrogen and oxygen atoms in total. The lowest BCUT2D eigenvalue weighted by Crippen LogP contribution is -1.95. The van der Waals surface area contributed by atoms with Crippen LogP contribution in [-0.2, 0) is 5.75 Å². The van der Waals surface area contributed by atoms with E-state index in [-0.39, 0.29) is 0 Å². The number of thioether (sulfide) groups is 1. The number of aromatic nitrogens is 1. The summed E-state index contributed by atoms with van der Waals surface area (Å²) in [5.41, 5.74) is 1.73. The molecule has 0 atom stereocenters. The number of hydrogen-bond donors (Lipinski definition) is 0. The fraction of sp³-hybridized carbons (Fsp3) is 0.500. The molecule has 0 unspecified atom stereocenters. The van der Waals surface area contributed by atoms with Gasteiger partial charge in [0.05, 0.1) is 0 Å². The summed E-state index contributed by atoms with van der Waals surface area (Å²) in [4.78, 5) is 4.07. The molecule has 1 aromatic heterocycles. The van der Waals surface area contributed by atoms with Crippen molar-refractivity contribution in [2.45, 2.75) is 36.7 Å². The van der Waals surface area contributed by atoms with Crippen LogP contribution in [0.15, 0.2) is 18.3 Å². The minimum atomic E-state index is 0.504. The van der Waals surface area contributed by atoms with Gasteiger partial charge in [0.15, 0.2) is 0 Å². The summed E-state index contributed by atoms with van der Waals surface area (Å²) in [6, 6.07) is 5.84. The molecule has 15 heavy (non-hydrogen) atoms. The van der Waals surface area contributed by atoms with E-state index in [1.165, 1.54) is 31.2 Å². The monoisotopic (exact) mass is 218 g/mol. The molecule has 1 saturated carbocycles. The van der Waals surface area contributed by atoms with Crippen molar-refractivity contribution >= 4 is 11.8 Å². The highest BCUT2D eigenvalue weighted by molar-refractivity contribution is 7.99. The standard InChI is InChI=1S/C12H14N2S/c13-7-11-6-5-10(8-14-11)9-15-12-3-1-2-4-12/h5-6,8,12H,1-4,9H2. The Morgan fingerprint density at radius 1 is 1.40 bits per heavy atom. The van der Waals surface area contributed by atoms with Gasteiger partial charge in [-0.2, -0.15) is 17.0 Å². The second-order valence-electron chi connectivity index (χ2n) is 3.88. The molecule has 0 radical (unpaired) electrons. The molecular weight excluding hydrogens is 204 g/mol. The third-order valence-corrected chi connectivity index (χ3v) is 4.17. The molecule has 1 aromatic rings. The molecule has 2 rings (SSSR count). The number of hydrogen-bond acceptors (Lipinski definition) is 3. The van der Waals surface area contributed by atoms with Gasteiger partial charge in [-0.25, -0.2) is 4.98 Å². The molecule has 0 aromatic carbocycles. The van der Waals surface area contributed by atoms with Crippen molar-refractivity contribution in [1.29, 1.82) is 5.26 Å². The van der Waals surface area contributed by atoms with Crippen LogP contribution in [-0.4, -0.2) is 10.2 Å². The van der Waals surface area contributed by atoms with Crippen molar-refractivity contribution in [3.63, 3.8) is 0 Å². The Morgan fingerprint density at radius 2 is 2.20 bits per heavy atom. The van der Waals surface area contributed by atoms with E-state index in [4.69, 9.17) is 5.26 Å². The predicted molar refractivity (Wildman–Crippen MR) is 62.5 cm³/mol. The lowest BCUT2D eigenvalue weighted by Gasteiger charge is -2.07. The van der Waals surface area contributed by atoms with Gasteiger partial charge in [0.1, 0.15) is 11.8 Å². The second kappa shape index (κ2) is 5.18. The van der Waals surface area contributed by atoms with Crippen LogP contribution in [0.2, 0.25) is 0 Å². The molecule has 1 aliphatic rings. The molecule has 0 bridgehead atoms. The van der Waals surface area contributed by atoms with Crippen molar-refractivity contribution in [3.05, 3.63) is 29.6 Å². The Morgan fingerprint density at radius 3 is 2.80 bits per heavy atom. The van der Waals surface area contributed by atoms with Crippen molar-refractivity contribution < 1.29 is 0 Å². The first-order valence-electron chi connectivity index (χ1n) is 5.35. The zero-order valence-corrected chi connectivity index (χ0v) is 9.46. The maximum atomic E-state index is 8.61. The van der Waals surface area contributed by atoms with Crippen LogP contribution in [0.5, 0.6) is 0 Å². The van der Waals surface area contributed by atoms with Crippen LogP contribution >= 0.6 is 11.8 Å². The average molecular weight is 218 g/mol. The SMILES string of the molecule is N#Cc1ccc(CSC2CCCC2)cn1. The first-order valence-corrected chi connectivity index (χ1v) is 6.40. The fourth-order valence-corrected chi connectivity index (χ4v) is 3.11. The third-order valence-electron chi connectivity index (χ3n) is 2.73. The number of pyridine rings is 1. The van der Waals surface area contributed by atoms with Crippen LogP contribution in [0.1, 0.15) is 36.9 Å². The van der Waals surface area contributed by atoms with Crippen LogP contribution in [0.25, 0.3) is 0 Å². The topological polar surface area (TPSA) is 36.7 Å². The molecule has 0 aliphatic heterocycles. The maximum absolute atomic E-state index is 8.61. The molecule has 1 fully saturated rings. The van der Waals surface area contributed by atoms with Gasteiger partial charge in [-0.15, -0.1) is 0 Å². The van der Waals surface area contributed by atoms with Crippen LogP contribution in [0.3, 0.4) is 0 Å². The first-order chi connectivity index (χ1) is 7.38. The molecule has 3 heteroatoms. The smallest absolute Gasteiger partial charge is 0.140 e. The van der Waals surface area contributed by atoms with Crippen LogP contribution in [0, 0.1) is 11.3 Å². The van der Waals surface area contributed by atoms with Gasteiger partial charge in [-0.1, -0.05) is 18.9 Å². The van der Waals surface area contributed by atoms with Crippen molar-refractivity contribution in [1.82, 2.24) is 4.98 Å². The Kier molecular flexibility index (Phi) is 3.63. The van der Waals surface area contributed by atoms with E-state index in [1.807, 2.05) is 30.1 Å². The summed E-state index contributed by atoms with van der Waals surface area (Å²) in [6.45, 7) is 0. The summed E-state index contributed by atoms with van der Waals surface area (Å²) in [7, 11) is 0. The molecule has 0 saturated heterocycles. The first kappa shape index (κ1) is 10.5. The predicted octanol–water partition coefficient (Wildman–Crippen LogP) is 3.13. The van der Waals surface area contributed by atoms with Gasteiger partial charge in [0.2, 0.25) is 0 Å². The normalized spacial score (nSPS) is 16.5. The summed E-state index contributed by atoms with van der Waals surface area (Å²) >= 11 is 2.03. The average Bonchev–Trinajstić information content (AvgIpc) is 2.80. The second-order valence-corrected chi connectivity index (χ2v) is 5.17. The lowest BCUT2D eigenvalue weighted by molar-refractivity contribution is 0.886. The summed E-state index contributed by atoms with van der Waals surface area (Å²) in [5.74, 6) is 1.03. The van der Waals surface area contributed by atoms with E-state index < -0.39 is 0 Å². The highest BCUT2D eigenvalue weighted by Gasteiger charge is 2.14. The van der Waals surface area contributed by atoms with E-state index >= 15 is 0 Å². The zero-order chi connectivity index (χ0) is 10.5. The highest BCUT2D eigenvalue weighted by Crippen LogP contribution is 2.31. The summed E-state index contributed by atoms with van der Waals surface area (Å²) in [5, 5.41) is 9.46. The molecule has 78 valence electrons. The Hall–Kier alpha value is -1.01. The largest absolute Gasteiger partial charge is 0.245 e. The number of nitrogens with zero attached hydrogens (tertiary/aromatic N) is 2. The minimum Gasteiger partial charge on any atom is -0.245 e. The number of rotatable bonds is 3. The van der Waals surface area contributed by atoms with Crippen molar-refractivity contribution in [3.8, 4) is 6.07 Å². The van der Waals surface area contributed by atoms with Gasteiger partial charge >= 0.3 is 0 Å². The van der Waals surface area contributed by atoms with Crippen molar-refractivity contribution in [2.75, 3.05) is 0 Å². The van der Waals surface area contributed by atoms with E-state index in [9.17, 15) is 0 Å². The molecule has 1 heterocycles. The minimum absolute atomic E-state index is 0.504. The van der Waals surface area contributed by atoms with Gasteiger partial charge in [0.25, 0.3) is 0 Å². The Bertz CT molecular complexity index is 347. The van der Waals surface area contributed by atoms with E-state index in [0.29, 0.717) is 5.69 Å². The van der Waals surface area contributed by atoms with Gasteiger partial charge < -0.3 is 0 Å². The van der Waals surface area contributed by atoms with E-state index in [0.717, 1.165) is 11.0 Å². The quantitative estimate of drug-likeness (QED) is 0.782. The lowest BCUT2D eigenvalue weighted by atomic mass is 10.3. The van der Waals surface area contributed by atoms with E-state index in [2.05, 4.69) is 4.98 Å². The zero-order valence-electron chi connectivity index (χ0n) is 8.65. The van der Waals surface area contributed by atoms with Crippen LogP contribution < -0.4 is 0 Å². The van der Waals surface area contributed by atoms with E-state index in [1.54, 1.807) is 6.07 Å². The van der Waals surface area contributed by atoms with Gasteiger partial charge in [-0.3, -0.25) is 0 Å².